The minimum atomic E-state index is -0.590. The Bertz CT molecular complexity index is 499. The van der Waals surface area contributed by atoms with Crippen LogP contribution in [0.1, 0.15) is 13.8 Å². The van der Waals surface area contributed by atoms with Gasteiger partial charge in [-0.15, -0.1) is 0 Å². The van der Waals surface area contributed by atoms with Gasteiger partial charge in [-0.25, -0.2) is 0 Å². The number of nitrogens with zero attached hydrogens (tertiary/aromatic N) is 1. The number of hydrogen-bond acceptors (Lipinski definition) is 3. The lowest BCUT2D eigenvalue weighted by Crippen LogP contribution is -2.58. The molecule has 0 spiro atoms. The van der Waals surface area contributed by atoms with Crippen LogP contribution in [0.15, 0.2) is 18.2 Å². The molecule has 1 aliphatic rings. The van der Waals surface area contributed by atoms with E-state index in [1.165, 1.54) is 0 Å². The predicted molar refractivity (Wildman–Crippen MR) is 83.6 cm³/mol. The van der Waals surface area contributed by atoms with Crippen molar-refractivity contribution in [3.8, 4) is 0 Å². The number of carbonyl (C=O) groups excluding carboxylic acids is 1. The van der Waals surface area contributed by atoms with Crippen LogP contribution in [0.5, 0.6) is 0 Å². The molecule has 4 nitrogen and oxygen atoms in total. The van der Waals surface area contributed by atoms with Crippen LogP contribution in [0.3, 0.4) is 0 Å². The van der Waals surface area contributed by atoms with Crippen LogP contribution in [0, 0.1) is 0 Å². The predicted octanol–water partition coefficient (Wildman–Crippen LogP) is 2.62. The highest BCUT2D eigenvalue weighted by atomic mass is 35.5. The summed E-state index contributed by atoms with van der Waals surface area (Å²) < 4.78 is 0. The van der Waals surface area contributed by atoms with Crippen LogP contribution in [0.25, 0.3) is 0 Å². The molecule has 1 aromatic rings. The number of benzene rings is 1. The average molecular weight is 316 g/mol. The molecular formula is C14H19Cl2N3O. The molecule has 110 valence electrons. The smallest absolute Gasteiger partial charge is 0.244 e. The quantitative estimate of drug-likeness (QED) is 0.901. The SMILES string of the molecule is CC(C)(C(=O)Nc1cccc(Cl)c1Cl)N1CCNCC1. The standard InChI is InChI=1S/C14H19Cl2N3O/c1-14(2,19-8-6-17-7-9-19)13(20)18-11-5-3-4-10(15)12(11)16/h3-5,17H,6-9H2,1-2H3,(H,18,20). The third-order valence-electron chi connectivity index (χ3n) is 3.66. The molecule has 1 amide bonds. The summed E-state index contributed by atoms with van der Waals surface area (Å²) in [7, 11) is 0. The molecule has 2 rings (SSSR count). The number of halogens is 2. The van der Waals surface area contributed by atoms with Gasteiger partial charge < -0.3 is 10.6 Å². The molecule has 0 atom stereocenters. The molecule has 0 aliphatic carbocycles. The Hall–Kier alpha value is -0.810. The van der Waals surface area contributed by atoms with Gasteiger partial charge in [0.2, 0.25) is 5.91 Å². The van der Waals surface area contributed by atoms with Gasteiger partial charge in [0, 0.05) is 26.2 Å². The number of hydrogen-bond donors (Lipinski definition) is 2. The highest BCUT2D eigenvalue weighted by molar-refractivity contribution is 6.44. The first-order chi connectivity index (χ1) is 9.43. The number of piperazine rings is 1. The fraction of sp³-hybridized carbons (Fsp3) is 0.500. The minimum Gasteiger partial charge on any atom is -0.323 e. The van der Waals surface area contributed by atoms with Crippen LogP contribution < -0.4 is 10.6 Å². The highest BCUT2D eigenvalue weighted by Gasteiger charge is 2.35. The molecule has 0 radical (unpaired) electrons. The van der Waals surface area contributed by atoms with E-state index in [9.17, 15) is 4.79 Å². The van der Waals surface area contributed by atoms with Crippen LogP contribution in [0.4, 0.5) is 5.69 Å². The molecule has 0 unspecified atom stereocenters. The summed E-state index contributed by atoms with van der Waals surface area (Å²) in [5.74, 6) is -0.0800. The molecule has 20 heavy (non-hydrogen) atoms. The van der Waals surface area contributed by atoms with Crippen molar-refractivity contribution in [1.82, 2.24) is 10.2 Å². The lowest BCUT2D eigenvalue weighted by molar-refractivity contribution is -0.126. The van der Waals surface area contributed by atoms with Gasteiger partial charge in [0.1, 0.15) is 0 Å². The number of nitrogens with one attached hydrogen (secondary N) is 2. The zero-order valence-corrected chi connectivity index (χ0v) is 13.2. The van der Waals surface area contributed by atoms with Gasteiger partial charge in [-0.1, -0.05) is 29.3 Å². The largest absolute Gasteiger partial charge is 0.323 e. The first-order valence-electron chi connectivity index (χ1n) is 6.64. The van der Waals surface area contributed by atoms with Crippen molar-refractivity contribution in [2.75, 3.05) is 31.5 Å². The molecule has 0 saturated carbocycles. The summed E-state index contributed by atoms with van der Waals surface area (Å²) in [6.45, 7) is 7.34. The summed E-state index contributed by atoms with van der Waals surface area (Å²) in [5.41, 5.74) is -0.0410. The lowest BCUT2D eigenvalue weighted by atomic mass is 10.0. The molecule has 1 heterocycles. The van der Waals surface area contributed by atoms with Crippen molar-refractivity contribution in [2.24, 2.45) is 0 Å². The topological polar surface area (TPSA) is 44.4 Å². The maximum atomic E-state index is 12.5. The molecule has 1 saturated heterocycles. The van der Waals surface area contributed by atoms with E-state index in [1.807, 2.05) is 13.8 Å². The fourth-order valence-electron chi connectivity index (χ4n) is 2.24. The number of rotatable bonds is 3. The minimum absolute atomic E-state index is 0.0800. The van der Waals surface area contributed by atoms with Gasteiger partial charge in [0.25, 0.3) is 0 Å². The molecule has 2 N–H and O–H groups in total. The highest BCUT2D eigenvalue weighted by Crippen LogP contribution is 2.30. The molecule has 0 aromatic heterocycles. The maximum absolute atomic E-state index is 12.5. The molecule has 1 fully saturated rings. The van der Waals surface area contributed by atoms with Crippen molar-refractivity contribution < 1.29 is 4.79 Å². The molecule has 6 heteroatoms. The normalized spacial score (nSPS) is 17.0. The second kappa shape index (κ2) is 6.31. The number of carbonyl (C=O) groups is 1. The van der Waals surface area contributed by atoms with Crippen LogP contribution in [0.2, 0.25) is 10.0 Å². The third kappa shape index (κ3) is 3.26. The van der Waals surface area contributed by atoms with Crippen LogP contribution in [-0.4, -0.2) is 42.5 Å². The van der Waals surface area contributed by atoms with E-state index in [1.54, 1.807) is 18.2 Å². The summed E-state index contributed by atoms with van der Waals surface area (Å²) in [5, 5.41) is 6.96. The second-order valence-electron chi connectivity index (χ2n) is 5.35. The van der Waals surface area contributed by atoms with Crippen molar-refractivity contribution in [2.45, 2.75) is 19.4 Å². The van der Waals surface area contributed by atoms with Gasteiger partial charge >= 0.3 is 0 Å². The molecule has 0 bridgehead atoms. The zero-order valence-electron chi connectivity index (χ0n) is 11.7. The van der Waals surface area contributed by atoms with E-state index in [-0.39, 0.29) is 5.91 Å². The second-order valence-corrected chi connectivity index (χ2v) is 6.14. The van der Waals surface area contributed by atoms with E-state index >= 15 is 0 Å². The van der Waals surface area contributed by atoms with Gasteiger partial charge in [0.15, 0.2) is 0 Å². The number of anilines is 1. The third-order valence-corrected chi connectivity index (χ3v) is 4.48. The summed E-state index contributed by atoms with van der Waals surface area (Å²) >= 11 is 12.1. The van der Waals surface area contributed by atoms with Crippen molar-refractivity contribution in [3.63, 3.8) is 0 Å². The van der Waals surface area contributed by atoms with Crippen LogP contribution >= 0.6 is 23.2 Å². The molecule has 1 aromatic carbocycles. The van der Waals surface area contributed by atoms with Gasteiger partial charge in [-0.3, -0.25) is 9.69 Å². The Morgan fingerprint density at radius 3 is 2.60 bits per heavy atom. The average Bonchev–Trinajstić information content (AvgIpc) is 2.44. The Morgan fingerprint density at radius 2 is 1.95 bits per heavy atom. The Labute approximate surface area is 129 Å². The Kier molecular flexibility index (Phi) is 4.91. The van der Waals surface area contributed by atoms with E-state index in [0.717, 1.165) is 26.2 Å². The Balaban J connectivity index is 2.12. The van der Waals surface area contributed by atoms with Crippen molar-refractivity contribution >= 4 is 34.8 Å². The van der Waals surface area contributed by atoms with Crippen molar-refractivity contribution in [3.05, 3.63) is 28.2 Å². The van der Waals surface area contributed by atoms with Crippen molar-refractivity contribution in [1.29, 1.82) is 0 Å². The maximum Gasteiger partial charge on any atom is 0.244 e. The van der Waals surface area contributed by atoms with E-state index in [4.69, 9.17) is 23.2 Å². The summed E-state index contributed by atoms with van der Waals surface area (Å²) in [6, 6.07) is 5.21. The monoisotopic (exact) mass is 315 g/mol. The van der Waals surface area contributed by atoms with Gasteiger partial charge in [-0.2, -0.15) is 0 Å². The van der Waals surface area contributed by atoms with Crippen LogP contribution in [-0.2, 0) is 4.79 Å². The van der Waals surface area contributed by atoms with Gasteiger partial charge in [0.05, 0.1) is 21.3 Å². The molecular weight excluding hydrogens is 297 g/mol. The van der Waals surface area contributed by atoms with Gasteiger partial charge in [-0.05, 0) is 26.0 Å². The van der Waals surface area contributed by atoms with E-state index < -0.39 is 5.54 Å². The van der Waals surface area contributed by atoms with E-state index in [0.29, 0.717) is 15.7 Å². The fourth-order valence-corrected chi connectivity index (χ4v) is 2.59. The Morgan fingerprint density at radius 1 is 1.30 bits per heavy atom. The summed E-state index contributed by atoms with van der Waals surface area (Å²) in [6.07, 6.45) is 0. The zero-order chi connectivity index (χ0) is 14.8. The number of amides is 1. The summed E-state index contributed by atoms with van der Waals surface area (Å²) in [4.78, 5) is 14.7. The molecule has 1 aliphatic heterocycles. The lowest BCUT2D eigenvalue weighted by Gasteiger charge is -2.39. The first kappa shape index (κ1) is 15.6. The first-order valence-corrected chi connectivity index (χ1v) is 7.40. The van der Waals surface area contributed by atoms with E-state index in [2.05, 4.69) is 15.5 Å².